The normalized spacial score (nSPS) is 25.8. The maximum absolute atomic E-state index is 13.0. The molecule has 27 heavy (non-hydrogen) atoms. The Morgan fingerprint density at radius 1 is 1.15 bits per heavy atom. The Morgan fingerprint density at radius 2 is 1.96 bits per heavy atom. The average molecular weight is 392 g/mol. The van der Waals surface area contributed by atoms with E-state index in [0.29, 0.717) is 54.5 Å². The predicted molar refractivity (Wildman–Crippen MR) is 100 cm³/mol. The number of hydrogen-bond donors (Lipinski definition) is 1. The van der Waals surface area contributed by atoms with E-state index >= 15 is 0 Å². The molecule has 1 amide bonds. The maximum Gasteiger partial charge on any atom is 0.276 e. The number of carbonyl (C=O) groups is 1. The molecule has 1 saturated carbocycles. The third-order valence-electron chi connectivity index (χ3n) is 5.77. The largest absolute Gasteiger partial charge is 0.486 e. The van der Waals surface area contributed by atoms with Gasteiger partial charge in [-0.05, 0) is 42.9 Å². The molecule has 1 saturated heterocycles. The molecular formula is C19H22ClN3O4. The number of carbonyl (C=O) groups excluding carboxylic acids is 1. The molecule has 1 aromatic heterocycles. The third-order valence-corrected chi connectivity index (χ3v) is 5.77. The molecule has 0 bridgehead atoms. The van der Waals surface area contributed by atoms with Gasteiger partial charge in [-0.2, -0.15) is 0 Å². The van der Waals surface area contributed by atoms with Crippen molar-refractivity contribution in [3.63, 3.8) is 0 Å². The van der Waals surface area contributed by atoms with Gasteiger partial charge in [0.15, 0.2) is 29.3 Å². The molecule has 1 aromatic carbocycles. The molecule has 2 aliphatic heterocycles. The van der Waals surface area contributed by atoms with Crippen LogP contribution in [0.15, 0.2) is 29.0 Å². The molecule has 3 heterocycles. The first kappa shape index (κ1) is 18.1. The number of hydrogen-bond acceptors (Lipinski definition) is 6. The van der Waals surface area contributed by atoms with Crippen molar-refractivity contribution in [2.75, 3.05) is 26.3 Å². The standard InChI is InChI=1S/C19H21N3O4.ClH/c20-14-3-1-12-8-22(9-13(12)14)19(23)17-18(26-10-21-17)11-2-4-15-16(7-11)25-6-5-24-15;/h2,4,7,10,12-14H,1,3,5-6,8-9,20H2;1H. The number of oxazole rings is 1. The highest BCUT2D eigenvalue weighted by Crippen LogP contribution is 2.39. The van der Waals surface area contributed by atoms with Gasteiger partial charge in [0.25, 0.3) is 5.91 Å². The second-order valence-electron chi connectivity index (χ2n) is 7.26. The highest BCUT2D eigenvalue weighted by atomic mass is 35.5. The molecule has 3 unspecified atom stereocenters. The van der Waals surface area contributed by atoms with Crippen LogP contribution >= 0.6 is 12.4 Å². The number of rotatable bonds is 2. The van der Waals surface area contributed by atoms with Crippen LogP contribution in [0.5, 0.6) is 11.5 Å². The molecule has 8 heteroatoms. The van der Waals surface area contributed by atoms with E-state index in [-0.39, 0.29) is 24.4 Å². The van der Waals surface area contributed by atoms with E-state index in [1.807, 2.05) is 23.1 Å². The first-order chi connectivity index (χ1) is 12.7. The zero-order valence-corrected chi connectivity index (χ0v) is 15.6. The molecular weight excluding hydrogens is 370 g/mol. The molecule has 2 aromatic rings. The van der Waals surface area contributed by atoms with E-state index in [2.05, 4.69) is 4.98 Å². The minimum absolute atomic E-state index is 0. The second kappa shape index (κ2) is 7.05. The van der Waals surface area contributed by atoms with Crippen LogP contribution in [0.1, 0.15) is 23.3 Å². The first-order valence-corrected chi connectivity index (χ1v) is 9.09. The summed E-state index contributed by atoms with van der Waals surface area (Å²) in [6.45, 7) is 2.51. The number of nitrogens with zero attached hydrogens (tertiary/aromatic N) is 2. The molecule has 2 N–H and O–H groups in total. The zero-order valence-electron chi connectivity index (χ0n) is 14.8. The highest BCUT2D eigenvalue weighted by Gasteiger charge is 2.43. The lowest BCUT2D eigenvalue weighted by molar-refractivity contribution is 0.0774. The van der Waals surface area contributed by atoms with Crippen LogP contribution < -0.4 is 15.2 Å². The molecule has 2 fully saturated rings. The fraction of sp³-hybridized carbons (Fsp3) is 0.474. The summed E-state index contributed by atoms with van der Waals surface area (Å²) in [5, 5.41) is 0. The lowest BCUT2D eigenvalue weighted by atomic mass is 9.98. The van der Waals surface area contributed by atoms with Crippen molar-refractivity contribution in [1.82, 2.24) is 9.88 Å². The van der Waals surface area contributed by atoms with Crippen molar-refractivity contribution in [3.8, 4) is 22.8 Å². The number of likely N-dealkylation sites (tertiary alicyclic amines) is 1. The molecule has 1 aliphatic carbocycles. The van der Waals surface area contributed by atoms with E-state index in [1.165, 1.54) is 6.39 Å². The molecule has 0 spiro atoms. The number of ether oxygens (including phenoxy) is 2. The van der Waals surface area contributed by atoms with E-state index in [0.717, 1.165) is 24.9 Å². The zero-order chi connectivity index (χ0) is 17.7. The van der Waals surface area contributed by atoms with E-state index in [4.69, 9.17) is 19.6 Å². The van der Waals surface area contributed by atoms with E-state index < -0.39 is 0 Å². The summed E-state index contributed by atoms with van der Waals surface area (Å²) in [5.41, 5.74) is 7.29. The van der Waals surface area contributed by atoms with Gasteiger partial charge >= 0.3 is 0 Å². The Morgan fingerprint density at radius 3 is 2.78 bits per heavy atom. The number of amides is 1. The Balaban J connectivity index is 0.00000180. The van der Waals surface area contributed by atoms with E-state index in [1.54, 1.807) is 0 Å². The smallest absolute Gasteiger partial charge is 0.276 e. The maximum atomic E-state index is 13.0. The lowest BCUT2D eigenvalue weighted by Gasteiger charge is -2.19. The van der Waals surface area contributed by atoms with Gasteiger partial charge in [0.2, 0.25) is 0 Å². The summed E-state index contributed by atoms with van der Waals surface area (Å²) in [6.07, 6.45) is 3.48. The van der Waals surface area contributed by atoms with Crippen LogP contribution in [0.2, 0.25) is 0 Å². The quantitative estimate of drug-likeness (QED) is 0.844. The average Bonchev–Trinajstić information content (AvgIpc) is 3.38. The summed E-state index contributed by atoms with van der Waals surface area (Å²) in [6, 6.07) is 5.73. The first-order valence-electron chi connectivity index (χ1n) is 9.09. The van der Waals surface area contributed by atoms with E-state index in [9.17, 15) is 4.79 Å². The van der Waals surface area contributed by atoms with Crippen molar-refractivity contribution < 1.29 is 18.7 Å². The Bertz CT molecular complexity index is 855. The summed E-state index contributed by atoms with van der Waals surface area (Å²) in [4.78, 5) is 19.1. The Labute approximate surface area is 163 Å². The van der Waals surface area contributed by atoms with Gasteiger partial charge in [-0.25, -0.2) is 4.98 Å². The molecule has 3 aliphatic rings. The van der Waals surface area contributed by atoms with Crippen LogP contribution in [0, 0.1) is 11.8 Å². The van der Waals surface area contributed by atoms with Gasteiger partial charge in [0.1, 0.15) is 13.2 Å². The van der Waals surface area contributed by atoms with Gasteiger partial charge in [-0.1, -0.05) is 0 Å². The van der Waals surface area contributed by atoms with Crippen molar-refractivity contribution in [1.29, 1.82) is 0 Å². The van der Waals surface area contributed by atoms with Crippen LogP contribution in [0.3, 0.4) is 0 Å². The molecule has 5 rings (SSSR count). The topological polar surface area (TPSA) is 90.8 Å². The van der Waals surface area contributed by atoms with Gasteiger partial charge in [-0.3, -0.25) is 4.79 Å². The monoisotopic (exact) mass is 391 g/mol. The van der Waals surface area contributed by atoms with Gasteiger partial charge < -0.3 is 24.5 Å². The van der Waals surface area contributed by atoms with Gasteiger partial charge in [0, 0.05) is 24.7 Å². The Hall–Kier alpha value is -2.25. The third kappa shape index (κ3) is 3.04. The predicted octanol–water partition coefficient (Wildman–Crippen LogP) is 2.34. The SMILES string of the molecule is Cl.NC1CCC2CN(C(=O)c3ncoc3-c3ccc4c(c3)OCCO4)CC12. The van der Waals surface area contributed by atoms with Crippen molar-refractivity contribution in [2.45, 2.75) is 18.9 Å². The minimum Gasteiger partial charge on any atom is -0.486 e. The van der Waals surface area contributed by atoms with Crippen LogP contribution in [0.4, 0.5) is 0 Å². The number of halogens is 1. The van der Waals surface area contributed by atoms with Crippen molar-refractivity contribution in [3.05, 3.63) is 30.3 Å². The molecule has 144 valence electrons. The van der Waals surface area contributed by atoms with Gasteiger partial charge in [-0.15, -0.1) is 12.4 Å². The van der Waals surface area contributed by atoms with Crippen LogP contribution in [-0.4, -0.2) is 48.1 Å². The van der Waals surface area contributed by atoms with Gasteiger partial charge in [0.05, 0.1) is 0 Å². The summed E-state index contributed by atoms with van der Waals surface area (Å²) >= 11 is 0. The Kier molecular flexibility index (Phi) is 4.74. The minimum atomic E-state index is -0.0924. The second-order valence-corrected chi connectivity index (χ2v) is 7.26. The van der Waals surface area contributed by atoms with Crippen LogP contribution in [-0.2, 0) is 0 Å². The molecule has 0 radical (unpaired) electrons. The lowest BCUT2D eigenvalue weighted by Crippen LogP contribution is -2.33. The molecule has 3 atom stereocenters. The fourth-order valence-corrected chi connectivity index (χ4v) is 4.41. The van der Waals surface area contributed by atoms with Crippen molar-refractivity contribution in [2.24, 2.45) is 17.6 Å². The van der Waals surface area contributed by atoms with Crippen molar-refractivity contribution >= 4 is 18.3 Å². The van der Waals surface area contributed by atoms with Crippen LogP contribution in [0.25, 0.3) is 11.3 Å². The highest BCUT2D eigenvalue weighted by molar-refractivity contribution is 5.98. The fourth-order valence-electron chi connectivity index (χ4n) is 4.41. The summed E-state index contributed by atoms with van der Waals surface area (Å²) in [5.74, 6) is 2.65. The number of nitrogens with two attached hydrogens (primary N) is 1. The summed E-state index contributed by atoms with van der Waals surface area (Å²) < 4.78 is 16.7. The molecule has 7 nitrogen and oxygen atoms in total. The number of aromatic nitrogens is 1. The number of benzene rings is 1. The number of fused-ring (bicyclic) bond motifs is 2. The summed E-state index contributed by atoms with van der Waals surface area (Å²) in [7, 11) is 0.